The van der Waals surface area contributed by atoms with E-state index in [-0.39, 0.29) is 0 Å². The Morgan fingerprint density at radius 1 is 1.29 bits per heavy atom. The van der Waals surface area contributed by atoms with E-state index in [1.165, 1.54) is 23.4 Å². The molecule has 0 saturated heterocycles. The molecule has 2 nitrogen and oxygen atoms in total. The molecular weight excluding hydrogens is 323 g/mol. The normalized spacial score (nSPS) is 17.8. The van der Waals surface area contributed by atoms with Crippen LogP contribution in [-0.4, -0.2) is 11.5 Å². The van der Waals surface area contributed by atoms with Crippen LogP contribution in [0.15, 0.2) is 18.2 Å². The van der Waals surface area contributed by atoms with Gasteiger partial charge in [-0.1, -0.05) is 30.1 Å². The highest BCUT2D eigenvalue weighted by Gasteiger charge is 2.24. The molecule has 0 aliphatic heterocycles. The Labute approximate surface area is 139 Å². The number of hydrogen-bond donors (Lipinski definition) is 1. The molecule has 1 heterocycles. The number of nitrogens with one attached hydrogen (secondary N) is 1. The van der Waals surface area contributed by atoms with Crippen molar-refractivity contribution in [2.75, 3.05) is 6.54 Å². The number of rotatable bonds is 4. The molecule has 1 aromatic carbocycles. The SMILES string of the molecule is CCCNC1CCCc2nc(-c3cc(Cl)cc(Cl)c3)sc21. The maximum Gasteiger partial charge on any atom is 0.124 e. The van der Waals surface area contributed by atoms with Crippen LogP contribution in [0.5, 0.6) is 0 Å². The summed E-state index contributed by atoms with van der Waals surface area (Å²) in [4.78, 5) is 6.21. The molecule has 0 fully saturated rings. The predicted octanol–water partition coefficient (Wildman–Crippen LogP) is 5.49. The highest BCUT2D eigenvalue weighted by Crippen LogP contribution is 2.39. The van der Waals surface area contributed by atoms with Crippen molar-refractivity contribution >= 4 is 34.5 Å². The molecule has 0 saturated carbocycles. The van der Waals surface area contributed by atoms with Crippen LogP contribution < -0.4 is 5.32 Å². The number of aryl methyl sites for hydroxylation is 1. The lowest BCUT2D eigenvalue weighted by Gasteiger charge is -2.22. The van der Waals surface area contributed by atoms with Gasteiger partial charge in [0.05, 0.1) is 5.69 Å². The van der Waals surface area contributed by atoms with Crippen molar-refractivity contribution in [2.24, 2.45) is 0 Å². The molecule has 112 valence electrons. The average molecular weight is 341 g/mol. The van der Waals surface area contributed by atoms with E-state index in [0.29, 0.717) is 16.1 Å². The highest BCUT2D eigenvalue weighted by atomic mass is 35.5. The van der Waals surface area contributed by atoms with Crippen molar-refractivity contribution in [2.45, 2.75) is 38.6 Å². The Morgan fingerprint density at radius 2 is 2.05 bits per heavy atom. The summed E-state index contributed by atoms with van der Waals surface area (Å²) < 4.78 is 0. The summed E-state index contributed by atoms with van der Waals surface area (Å²) in [7, 11) is 0. The first-order chi connectivity index (χ1) is 10.2. The van der Waals surface area contributed by atoms with Crippen LogP contribution in [0.1, 0.15) is 42.8 Å². The van der Waals surface area contributed by atoms with E-state index in [0.717, 1.165) is 30.0 Å². The Kier molecular flexibility index (Phi) is 4.85. The van der Waals surface area contributed by atoms with Gasteiger partial charge in [0.25, 0.3) is 0 Å². The topological polar surface area (TPSA) is 24.9 Å². The van der Waals surface area contributed by atoms with Crippen molar-refractivity contribution in [3.05, 3.63) is 38.8 Å². The Morgan fingerprint density at radius 3 is 2.76 bits per heavy atom. The number of halogens is 2. The molecule has 1 unspecified atom stereocenters. The van der Waals surface area contributed by atoms with Gasteiger partial charge in [-0.25, -0.2) is 4.98 Å². The van der Waals surface area contributed by atoms with E-state index >= 15 is 0 Å². The minimum Gasteiger partial charge on any atom is -0.309 e. The number of benzene rings is 1. The van der Waals surface area contributed by atoms with Gasteiger partial charge in [-0.3, -0.25) is 0 Å². The van der Waals surface area contributed by atoms with Gasteiger partial charge in [-0.2, -0.15) is 0 Å². The molecule has 5 heteroatoms. The monoisotopic (exact) mass is 340 g/mol. The van der Waals surface area contributed by atoms with E-state index < -0.39 is 0 Å². The molecule has 0 spiro atoms. The molecule has 1 aromatic heterocycles. The zero-order valence-corrected chi connectivity index (χ0v) is 14.3. The summed E-state index contributed by atoms with van der Waals surface area (Å²) in [5.74, 6) is 0. The van der Waals surface area contributed by atoms with Crippen LogP contribution in [0.25, 0.3) is 10.6 Å². The number of aromatic nitrogens is 1. The fraction of sp³-hybridized carbons (Fsp3) is 0.438. The van der Waals surface area contributed by atoms with Gasteiger partial charge in [0, 0.05) is 26.5 Å². The molecule has 1 N–H and O–H groups in total. The minimum atomic E-state index is 0.453. The summed E-state index contributed by atoms with van der Waals surface area (Å²) in [5, 5.41) is 5.97. The molecular formula is C16H18Cl2N2S. The summed E-state index contributed by atoms with van der Waals surface area (Å²) in [6.45, 7) is 3.25. The second-order valence-electron chi connectivity index (χ2n) is 5.39. The quantitative estimate of drug-likeness (QED) is 0.795. The van der Waals surface area contributed by atoms with E-state index in [2.05, 4.69) is 12.2 Å². The number of thiazole rings is 1. The van der Waals surface area contributed by atoms with Gasteiger partial charge < -0.3 is 5.32 Å². The predicted molar refractivity (Wildman–Crippen MR) is 91.5 cm³/mol. The maximum absolute atomic E-state index is 6.10. The zero-order valence-electron chi connectivity index (χ0n) is 12.0. The first kappa shape index (κ1) is 15.3. The number of fused-ring (bicyclic) bond motifs is 1. The summed E-state index contributed by atoms with van der Waals surface area (Å²) in [5.41, 5.74) is 2.26. The third kappa shape index (κ3) is 3.42. The van der Waals surface area contributed by atoms with Crippen molar-refractivity contribution in [3.63, 3.8) is 0 Å². The third-order valence-corrected chi connectivity index (χ3v) is 5.40. The van der Waals surface area contributed by atoms with Gasteiger partial charge in [0.2, 0.25) is 0 Å². The molecule has 1 atom stereocenters. The third-order valence-electron chi connectivity index (χ3n) is 3.70. The van der Waals surface area contributed by atoms with Crippen LogP contribution in [0.2, 0.25) is 10.0 Å². The lowest BCUT2D eigenvalue weighted by molar-refractivity contribution is 0.465. The lowest BCUT2D eigenvalue weighted by Crippen LogP contribution is -2.24. The Hall–Kier alpha value is -0.610. The van der Waals surface area contributed by atoms with Gasteiger partial charge in [0.1, 0.15) is 5.01 Å². The molecule has 2 aromatic rings. The zero-order chi connectivity index (χ0) is 14.8. The van der Waals surface area contributed by atoms with E-state index in [4.69, 9.17) is 28.2 Å². The molecule has 0 radical (unpaired) electrons. The molecule has 1 aliphatic rings. The average Bonchev–Trinajstić information content (AvgIpc) is 2.88. The lowest BCUT2D eigenvalue weighted by atomic mass is 9.98. The van der Waals surface area contributed by atoms with Crippen LogP contribution in [0.3, 0.4) is 0 Å². The second-order valence-corrected chi connectivity index (χ2v) is 7.29. The van der Waals surface area contributed by atoms with Crippen molar-refractivity contribution in [3.8, 4) is 10.6 Å². The molecule has 3 rings (SSSR count). The highest BCUT2D eigenvalue weighted by molar-refractivity contribution is 7.15. The standard InChI is InChI=1S/C16H18Cl2N2S/c1-2-6-19-13-4-3-5-14-15(13)21-16(20-14)10-7-11(17)9-12(18)8-10/h7-9,13,19H,2-6H2,1H3. The van der Waals surface area contributed by atoms with E-state index in [1.807, 2.05) is 12.1 Å². The fourth-order valence-corrected chi connectivity index (χ4v) is 4.47. The van der Waals surface area contributed by atoms with E-state index in [1.54, 1.807) is 17.4 Å². The Bertz CT molecular complexity index is 619. The van der Waals surface area contributed by atoms with Crippen LogP contribution >= 0.6 is 34.5 Å². The summed E-state index contributed by atoms with van der Waals surface area (Å²) in [6, 6.07) is 6.08. The van der Waals surface area contributed by atoms with Gasteiger partial charge in [0.15, 0.2) is 0 Å². The maximum atomic E-state index is 6.10. The molecule has 1 aliphatic carbocycles. The molecule has 0 amide bonds. The first-order valence-corrected chi connectivity index (χ1v) is 8.94. The van der Waals surface area contributed by atoms with Crippen molar-refractivity contribution < 1.29 is 0 Å². The number of hydrogen-bond acceptors (Lipinski definition) is 3. The van der Waals surface area contributed by atoms with Gasteiger partial charge in [-0.05, 0) is 50.4 Å². The van der Waals surface area contributed by atoms with Crippen LogP contribution in [-0.2, 0) is 6.42 Å². The van der Waals surface area contributed by atoms with Crippen molar-refractivity contribution in [1.29, 1.82) is 0 Å². The van der Waals surface area contributed by atoms with Crippen LogP contribution in [0.4, 0.5) is 0 Å². The largest absolute Gasteiger partial charge is 0.309 e. The minimum absolute atomic E-state index is 0.453. The fourth-order valence-electron chi connectivity index (χ4n) is 2.73. The number of nitrogens with zero attached hydrogens (tertiary/aromatic N) is 1. The van der Waals surface area contributed by atoms with Crippen molar-refractivity contribution in [1.82, 2.24) is 10.3 Å². The summed E-state index contributed by atoms with van der Waals surface area (Å²) in [6.07, 6.45) is 4.63. The van der Waals surface area contributed by atoms with Gasteiger partial charge in [-0.15, -0.1) is 11.3 Å². The molecule has 21 heavy (non-hydrogen) atoms. The molecule has 0 bridgehead atoms. The van der Waals surface area contributed by atoms with Gasteiger partial charge >= 0.3 is 0 Å². The van der Waals surface area contributed by atoms with E-state index in [9.17, 15) is 0 Å². The smallest absolute Gasteiger partial charge is 0.124 e. The summed E-state index contributed by atoms with van der Waals surface area (Å²) >= 11 is 14.0. The first-order valence-electron chi connectivity index (χ1n) is 7.37. The second kappa shape index (κ2) is 6.66. The Balaban J connectivity index is 1.93. The van der Waals surface area contributed by atoms with Crippen LogP contribution in [0, 0.1) is 0 Å².